The highest BCUT2D eigenvalue weighted by Gasteiger charge is 2.32. The molecule has 1 aromatic rings. The predicted octanol–water partition coefficient (Wildman–Crippen LogP) is 4.04. The van der Waals surface area contributed by atoms with Crippen molar-refractivity contribution in [2.24, 2.45) is 0 Å². The Labute approximate surface area is 117 Å². The fourth-order valence-electron chi connectivity index (χ4n) is 1.50. The molecule has 0 saturated carbocycles. The lowest BCUT2D eigenvalue weighted by atomic mass is 10.0. The van der Waals surface area contributed by atoms with Gasteiger partial charge in [-0.2, -0.15) is 18.7 Å². The molecule has 0 saturated heterocycles. The largest absolute Gasteiger partial charge is 0.416 e. The van der Waals surface area contributed by atoms with Crippen LogP contribution in [0.5, 0.6) is 0 Å². The van der Waals surface area contributed by atoms with Gasteiger partial charge in [0.2, 0.25) is 0 Å². The minimum Gasteiger partial charge on any atom is -0.305 e. The molecule has 0 aromatic heterocycles. The highest BCUT2D eigenvalue weighted by atomic mass is 35.5. The number of hydrogen-bond donors (Lipinski definition) is 1. The highest BCUT2D eigenvalue weighted by molar-refractivity contribution is 6.36. The van der Waals surface area contributed by atoms with Gasteiger partial charge in [-0.25, -0.2) is 4.39 Å². The molecule has 19 heavy (non-hydrogen) atoms. The molecule has 1 rings (SSSR count). The van der Waals surface area contributed by atoms with E-state index in [2.05, 4.69) is 10.3 Å². The molecule has 1 atom stereocenters. The minimum atomic E-state index is -4.53. The number of benzene rings is 1. The van der Waals surface area contributed by atoms with Gasteiger partial charge in [-0.15, -0.1) is 0 Å². The molecule has 0 fully saturated rings. The van der Waals surface area contributed by atoms with E-state index in [0.29, 0.717) is 0 Å². The average molecular weight is 320 g/mol. The number of hydrogen-bond acceptors (Lipinski definition) is 2. The molecule has 1 N–H and O–H groups in total. The quantitative estimate of drug-likeness (QED) is 0.653. The Morgan fingerprint density at radius 3 is 2.16 bits per heavy atom. The Hall–Kier alpha value is -0.560. The molecule has 0 radical (unpaired) electrons. The second-order valence-electron chi connectivity index (χ2n) is 3.79. The van der Waals surface area contributed by atoms with E-state index in [0.717, 1.165) is 12.1 Å². The fourth-order valence-corrected chi connectivity index (χ4v) is 2.14. The van der Waals surface area contributed by atoms with Crippen LogP contribution in [0.15, 0.2) is 12.1 Å². The minimum absolute atomic E-state index is 0.0140. The van der Waals surface area contributed by atoms with E-state index in [1.165, 1.54) is 7.11 Å². The lowest BCUT2D eigenvalue weighted by Crippen LogP contribution is -2.32. The van der Waals surface area contributed by atoms with Crippen molar-refractivity contribution in [3.05, 3.63) is 33.3 Å². The van der Waals surface area contributed by atoms with E-state index in [9.17, 15) is 17.6 Å². The van der Waals surface area contributed by atoms with Crippen LogP contribution in [0.2, 0.25) is 10.0 Å². The fraction of sp³-hybridized carbons (Fsp3) is 0.455. The van der Waals surface area contributed by atoms with Crippen molar-refractivity contribution in [2.45, 2.75) is 18.6 Å². The van der Waals surface area contributed by atoms with Crippen LogP contribution < -0.4 is 5.48 Å². The van der Waals surface area contributed by atoms with Crippen LogP contribution in [0.25, 0.3) is 0 Å². The Morgan fingerprint density at radius 1 is 1.26 bits per heavy atom. The maximum absolute atomic E-state index is 12.7. The van der Waals surface area contributed by atoms with Gasteiger partial charge in [0.05, 0.1) is 18.7 Å². The van der Waals surface area contributed by atoms with Gasteiger partial charge in [-0.05, 0) is 24.1 Å². The van der Waals surface area contributed by atoms with E-state index >= 15 is 0 Å². The maximum atomic E-state index is 12.7. The molecule has 1 unspecified atom stereocenters. The van der Waals surface area contributed by atoms with E-state index in [4.69, 9.17) is 23.2 Å². The van der Waals surface area contributed by atoms with E-state index in [-0.39, 0.29) is 22.0 Å². The zero-order valence-electron chi connectivity index (χ0n) is 9.82. The van der Waals surface area contributed by atoms with E-state index < -0.39 is 24.5 Å². The van der Waals surface area contributed by atoms with Crippen molar-refractivity contribution in [3.8, 4) is 0 Å². The zero-order valence-corrected chi connectivity index (χ0v) is 11.3. The second kappa shape index (κ2) is 6.74. The smallest absolute Gasteiger partial charge is 0.305 e. The summed E-state index contributed by atoms with van der Waals surface area (Å²) in [5, 5.41) is -0.313. The number of nitrogens with one attached hydrogen (secondary N) is 1. The first-order valence-corrected chi connectivity index (χ1v) is 5.94. The maximum Gasteiger partial charge on any atom is 0.416 e. The Morgan fingerprint density at radius 2 is 1.79 bits per heavy atom. The molecule has 8 heteroatoms. The van der Waals surface area contributed by atoms with Crippen molar-refractivity contribution >= 4 is 23.2 Å². The Balaban J connectivity index is 3.03. The SMILES string of the molecule is CONC(CF)Cc1c(Cl)cc(C(F)(F)F)cc1Cl. The van der Waals surface area contributed by atoms with Gasteiger partial charge in [0, 0.05) is 10.0 Å². The molecule has 0 aliphatic rings. The van der Waals surface area contributed by atoms with Crippen LogP contribution in [0.4, 0.5) is 17.6 Å². The first kappa shape index (κ1) is 16.5. The van der Waals surface area contributed by atoms with Gasteiger partial charge >= 0.3 is 6.18 Å². The van der Waals surface area contributed by atoms with Crippen molar-refractivity contribution in [3.63, 3.8) is 0 Å². The summed E-state index contributed by atoms with van der Waals surface area (Å²) in [5.41, 5.74) is 1.66. The van der Waals surface area contributed by atoms with Crippen LogP contribution in [-0.2, 0) is 17.4 Å². The van der Waals surface area contributed by atoms with Crippen LogP contribution in [0, 0.1) is 0 Å². The first-order chi connectivity index (χ1) is 8.79. The summed E-state index contributed by atoms with van der Waals surface area (Å²) in [6.07, 6.45) is -4.52. The Bertz CT molecular complexity index is 416. The summed E-state index contributed by atoms with van der Waals surface area (Å²) in [4.78, 5) is 4.57. The monoisotopic (exact) mass is 319 g/mol. The molecule has 2 nitrogen and oxygen atoms in total. The first-order valence-electron chi connectivity index (χ1n) is 5.19. The number of halogens is 6. The normalized spacial score (nSPS) is 13.6. The molecule has 0 aliphatic heterocycles. The topological polar surface area (TPSA) is 21.3 Å². The predicted molar refractivity (Wildman–Crippen MR) is 65.1 cm³/mol. The molecule has 108 valence electrons. The standard InChI is InChI=1S/C11H11Cl2F4NO/c1-19-18-7(5-14)4-8-9(12)2-6(3-10(8)13)11(15,16)17/h2-3,7,18H,4-5H2,1H3. The van der Waals surface area contributed by atoms with Crippen molar-refractivity contribution in [2.75, 3.05) is 13.8 Å². The second-order valence-corrected chi connectivity index (χ2v) is 4.61. The summed E-state index contributed by atoms with van der Waals surface area (Å²) >= 11 is 11.5. The zero-order chi connectivity index (χ0) is 14.6. The van der Waals surface area contributed by atoms with E-state index in [1.54, 1.807) is 0 Å². The third kappa shape index (κ3) is 4.49. The summed E-state index contributed by atoms with van der Waals surface area (Å²) in [6, 6.07) is 0.798. The van der Waals surface area contributed by atoms with Gasteiger partial charge in [0.25, 0.3) is 0 Å². The van der Waals surface area contributed by atoms with Crippen molar-refractivity contribution in [1.29, 1.82) is 0 Å². The van der Waals surface area contributed by atoms with Crippen molar-refractivity contribution < 1.29 is 22.4 Å². The van der Waals surface area contributed by atoms with Gasteiger partial charge in [-0.1, -0.05) is 23.2 Å². The molecular formula is C11H11Cl2F4NO. The van der Waals surface area contributed by atoms with Crippen LogP contribution in [0.1, 0.15) is 11.1 Å². The van der Waals surface area contributed by atoms with Gasteiger partial charge in [-0.3, -0.25) is 0 Å². The molecule has 0 aliphatic carbocycles. The van der Waals surface area contributed by atoms with Crippen molar-refractivity contribution in [1.82, 2.24) is 5.48 Å². The van der Waals surface area contributed by atoms with Crippen LogP contribution in [0.3, 0.4) is 0 Å². The average Bonchev–Trinajstić information content (AvgIpc) is 2.30. The van der Waals surface area contributed by atoms with Crippen LogP contribution in [-0.4, -0.2) is 19.8 Å². The summed E-state index contributed by atoms with van der Waals surface area (Å²) in [6.45, 7) is -0.776. The van der Waals surface area contributed by atoms with Gasteiger partial charge < -0.3 is 4.84 Å². The lowest BCUT2D eigenvalue weighted by Gasteiger charge is -2.17. The summed E-state index contributed by atoms with van der Waals surface area (Å²) < 4.78 is 50.2. The number of alkyl halides is 4. The van der Waals surface area contributed by atoms with Gasteiger partial charge in [0.15, 0.2) is 0 Å². The lowest BCUT2D eigenvalue weighted by molar-refractivity contribution is -0.137. The number of rotatable bonds is 5. The van der Waals surface area contributed by atoms with E-state index in [1.807, 2.05) is 0 Å². The molecule has 0 heterocycles. The Kier molecular flexibility index (Phi) is 5.85. The molecule has 0 spiro atoms. The molecule has 0 bridgehead atoms. The molecule has 1 aromatic carbocycles. The number of hydroxylamine groups is 1. The molecule has 0 amide bonds. The third-order valence-electron chi connectivity index (χ3n) is 2.39. The summed E-state index contributed by atoms with van der Waals surface area (Å²) in [5.74, 6) is 0. The van der Waals surface area contributed by atoms with Gasteiger partial charge in [0.1, 0.15) is 6.67 Å². The van der Waals surface area contributed by atoms with Crippen LogP contribution >= 0.6 is 23.2 Å². The molecular weight excluding hydrogens is 309 g/mol. The summed E-state index contributed by atoms with van der Waals surface area (Å²) in [7, 11) is 1.30. The highest BCUT2D eigenvalue weighted by Crippen LogP contribution is 2.36. The third-order valence-corrected chi connectivity index (χ3v) is 3.06.